The van der Waals surface area contributed by atoms with Crippen LogP contribution in [0.2, 0.25) is 0 Å². The lowest BCUT2D eigenvalue weighted by Crippen LogP contribution is -2.30. The van der Waals surface area contributed by atoms with Gasteiger partial charge in [0, 0.05) is 19.2 Å². The Labute approximate surface area is 43.3 Å². The standard InChI is InChI=1S/C4H12N2O/c5-3-4(6)1-2-7/h4,7H,1-3,5-6H2/t4-/m0/s1. The van der Waals surface area contributed by atoms with E-state index in [1.807, 2.05) is 0 Å². The largest absolute Gasteiger partial charge is 0.396 e. The first-order valence-electron chi connectivity index (χ1n) is 2.37. The number of hydrogen-bond acceptors (Lipinski definition) is 3. The predicted octanol–water partition coefficient (Wildman–Crippen LogP) is -1.35. The first kappa shape index (κ1) is 6.88. The Morgan fingerprint density at radius 2 is 2.14 bits per heavy atom. The highest BCUT2D eigenvalue weighted by Crippen LogP contribution is 1.79. The van der Waals surface area contributed by atoms with E-state index in [4.69, 9.17) is 16.6 Å². The number of rotatable bonds is 3. The quantitative estimate of drug-likeness (QED) is 0.414. The van der Waals surface area contributed by atoms with Crippen molar-refractivity contribution in [2.24, 2.45) is 11.5 Å². The lowest BCUT2D eigenvalue weighted by Gasteiger charge is -2.02. The zero-order valence-electron chi connectivity index (χ0n) is 4.30. The molecule has 0 aromatic heterocycles. The summed E-state index contributed by atoms with van der Waals surface area (Å²) in [6, 6.07) is -0.0231. The molecule has 0 saturated carbocycles. The Morgan fingerprint density at radius 1 is 1.57 bits per heavy atom. The molecular formula is C4H12N2O. The third kappa shape index (κ3) is 3.72. The molecule has 0 rings (SSSR count). The fourth-order valence-corrected chi connectivity index (χ4v) is 0.284. The van der Waals surface area contributed by atoms with E-state index in [2.05, 4.69) is 0 Å². The predicted molar refractivity (Wildman–Crippen MR) is 28.7 cm³/mol. The second kappa shape index (κ2) is 4.05. The van der Waals surface area contributed by atoms with Gasteiger partial charge in [0.05, 0.1) is 0 Å². The van der Waals surface area contributed by atoms with Gasteiger partial charge in [-0.1, -0.05) is 0 Å². The van der Waals surface area contributed by atoms with E-state index in [0.717, 1.165) is 0 Å². The van der Waals surface area contributed by atoms with E-state index in [1.165, 1.54) is 0 Å². The molecule has 0 amide bonds. The molecule has 0 fully saturated rings. The van der Waals surface area contributed by atoms with Gasteiger partial charge in [0.25, 0.3) is 0 Å². The highest BCUT2D eigenvalue weighted by Gasteiger charge is 1.93. The molecule has 0 aliphatic carbocycles. The van der Waals surface area contributed by atoms with Crippen LogP contribution in [0.3, 0.4) is 0 Å². The summed E-state index contributed by atoms with van der Waals surface area (Å²) in [6.45, 7) is 0.596. The lowest BCUT2D eigenvalue weighted by molar-refractivity contribution is 0.277. The van der Waals surface area contributed by atoms with E-state index in [0.29, 0.717) is 13.0 Å². The van der Waals surface area contributed by atoms with E-state index < -0.39 is 0 Å². The van der Waals surface area contributed by atoms with Crippen LogP contribution in [0.1, 0.15) is 6.42 Å². The Kier molecular flexibility index (Phi) is 3.98. The molecule has 0 aromatic rings. The molecule has 0 radical (unpaired) electrons. The van der Waals surface area contributed by atoms with Crippen LogP contribution < -0.4 is 11.5 Å². The molecule has 0 heterocycles. The zero-order chi connectivity index (χ0) is 5.70. The van der Waals surface area contributed by atoms with E-state index in [1.54, 1.807) is 0 Å². The monoisotopic (exact) mass is 104 g/mol. The molecule has 0 aliphatic heterocycles. The van der Waals surface area contributed by atoms with Crippen LogP contribution >= 0.6 is 0 Å². The average Bonchev–Trinajstić information content (AvgIpc) is 1.68. The van der Waals surface area contributed by atoms with Crippen LogP contribution in [0.5, 0.6) is 0 Å². The van der Waals surface area contributed by atoms with Gasteiger partial charge < -0.3 is 16.6 Å². The molecule has 3 nitrogen and oxygen atoms in total. The first-order chi connectivity index (χ1) is 3.31. The molecule has 5 N–H and O–H groups in total. The molecular weight excluding hydrogens is 92.1 g/mol. The molecule has 0 aliphatic rings. The number of hydrogen-bond donors (Lipinski definition) is 3. The number of nitrogens with two attached hydrogens (primary N) is 2. The third-order valence-electron chi connectivity index (χ3n) is 0.803. The Morgan fingerprint density at radius 3 is 2.29 bits per heavy atom. The van der Waals surface area contributed by atoms with Gasteiger partial charge in [-0.05, 0) is 6.42 Å². The summed E-state index contributed by atoms with van der Waals surface area (Å²) in [4.78, 5) is 0. The summed E-state index contributed by atoms with van der Waals surface area (Å²) in [6.07, 6.45) is 0.608. The van der Waals surface area contributed by atoms with Gasteiger partial charge in [-0.25, -0.2) is 0 Å². The summed E-state index contributed by atoms with van der Waals surface area (Å²) in [5, 5.41) is 8.23. The van der Waals surface area contributed by atoms with Crippen LogP contribution in [0.25, 0.3) is 0 Å². The smallest absolute Gasteiger partial charge is 0.0446 e. The van der Waals surface area contributed by atoms with E-state index in [-0.39, 0.29) is 12.6 Å². The zero-order valence-corrected chi connectivity index (χ0v) is 4.30. The molecule has 1 atom stereocenters. The third-order valence-corrected chi connectivity index (χ3v) is 0.803. The van der Waals surface area contributed by atoms with Crippen molar-refractivity contribution in [3.8, 4) is 0 Å². The minimum Gasteiger partial charge on any atom is -0.396 e. The maximum absolute atomic E-state index is 8.23. The Bertz CT molecular complexity index is 40.7. The van der Waals surface area contributed by atoms with Gasteiger partial charge in [-0.3, -0.25) is 0 Å². The van der Waals surface area contributed by atoms with Crippen molar-refractivity contribution in [3.05, 3.63) is 0 Å². The average molecular weight is 104 g/mol. The first-order valence-corrected chi connectivity index (χ1v) is 2.37. The molecule has 7 heavy (non-hydrogen) atoms. The van der Waals surface area contributed by atoms with Crippen molar-refractivity contribution in [3.63, 3.8) is 0 Å². The highest BCUT2D eigenvalue weighted by atomic mass is 16.3. The van der Waals surface area contributed by atoms with Gasteiger partial charge >= 0.3 is 0 Å². The Hall–Kier alpha value is -0.120. The molecule has 0 aromatic carbocycles. The van der Waals surface area contributed by atoms with Crippen molar-refractivity contribution in [2.75, 3.05) is 13.2 Å². The minimum atomic E-state index is -0.0231. The number of aliphatic hydroxyl groups is 1. The SMILES string of the molecule is NC[C@@H](N)CCO. The summed E-state index contributed by atoms with van der Waals surface area (Å²) in [7, 11) is 0. The van der Waals surface area contributed by atoms with Crippen molar-refractivity contribution < 1.29 is 5.11 Å². The topological polar surface area (TPSA) is 72.3 Å². The maximum atomic E-state index is 8.23. The van der Waals surface area contributed by atoms with Crippen LogP contribution in [-0.4, -0.2) is 24.3 Å². The van der Waals surface area contributed by atoms with Crippen LogP contribution in [0.4, 0.5) is 0 Å². The number of aliphatic hydroxyl groups excluding tert-OH is 1. The van der Waals surface area contributed by atoms with E-state index in [9.17, 15) is 0 Å². The fourth-order valence-electron chi connectivity index (χ4n) is 0.284. The van der Waals surface area contributed by atoms with Gasteiger partial charge in [-0.15, -0.1) is 0 Å². The summed E-state index contributed by atoms with van der Waals surface area (Å²) in [5.74, 6) is 0. The molecule has 0 bridgehead atoms. The maximum Gasteiger partial charge on any atom is 0.0446 e. The molecule has 0 unspecified atom stereocenters. The van der Waals surface area contributed by atoms with Crippen molar-refractivity contribution >= 4 is 0 Å². The van der Waals surface area contributed by atoms with Gasteiger partial charge in [0.15, 0.2) is 0 Å². The van der Waals surface area contributed by atoms with Crippen molar-refractivity contribution in [2.45, 2.75) is 12.5 Å². The lowest BCUT2D eigenvalue weighted by atomic mass is 10.2. The molecule has 0 spiro atoms. The summed E-state index contributed by atoms with van der Waals surface area (Å²) in [5.41, 5.74) is 10.4. The second-order valence-electron chi connectivity index (χ2n) is 1.51. The molecule has 44 valence electrons. The van der Waals surface area contributed by atoms with Gasteiger partial charge in [0.2, 0.25) is 0 Å². The van der Waals surface area contributed by atoms with Crippen molar-refractivity contribution in [1.82, 2.24) is 0 Å². The summed E-state index contributed by atoms with van der Waals surface area (Å²) >= 11 is 0. The minimum absolute atomic E-state index is 0.0231. The highest BCUT2D eigenvalue weighted by molar-refractivity contribution is 4.58. The van der Waals surface area contributed by atoms with Crippen LogP contribution in [-0.2, 0) is 0 Å². The Balaban J connectivity index is 2.83. The molecule has 3 heteroatoms. The summed E-state index contributed by atoms with van der Waals surface area (Å²) < 4.78 is 0. The van der Waals surface area contributed by atoms with E-state index >= 15 is 0 Å². The molecule has 0 saturated heterocycles. The van der Waals surface area contributed by atoms with Crippen molar-refractivity contribution in [1.29, 1.82) is 0 Å². The van der Waals surface area contributed by atoms with Crippen LogP contribution in [0.15, 0.2) is 0 Å². The van der Waals surface area contributed by atoms with Gasteiger partial charge in [0.1, 0.15) is 0 Å². The fraction of sp³-hybridized carbons (Fsp3) is 1.00. The van der Waals surface area contributed by atoms with Crippen LogP contribution in [0, 0.1) is 0 Å². The van der Waals surface area contributed by atoms with Gasteiger partial charge in [-0.2, -0.15) is 0 Å². The normalized spacial score (nSPS) is 14.1. The second-order valence-corrected chi connectivity index (χ2v) is 1.51.